The van der Waals surface area contributed by atoms with Crippen molar-refractivity contribution in [3.05, 3.63) is 0 Å². The molecule has 2 saturated carbocycles. The van der Waals surface area contributed by atoms with Gasteiger partial charge in [0.15, 0.2) is 0 Å². The topological polar surface area (TPSA) is 21.3 Å². The quantitative estimate of drug-likeness (QED) is 0.725. The lowest BCUT2D eigenvalue weighted by molar-refractivity contribution is 0.0286. The van der Waals surface area contributed by atoms with E-state index in [0.29, 0.717) is 6.10 Å². The Labute approximate surface area is 113 Å². The number of hydrogen-bond donors (Lipinski definition) is 1. The lowest BCUT2D eigenvalue weighted by Crippen LogP contribution is -2.36. The van der Waals surface area contributed by atoms with Crippen LogP contribution in [0.15, 0.2) is 0 Å². The molecule has 2 fully saturated rings. The highest BCUT2D eigenvalue weighted by molar-refractivity contribution is 4.77. The fourth-order valence-corrected chi connectivity index (χ4v) is 3.57. The van der Waals surface area contributed by atoms with Crippen molar-refractivity contribution < 1.29 is 4.74 Å². The molecule has 0 saturated heterocycles. The maximum absolute atomic E-state index is 5.96. The van der Waals surface area contributed by atoms with E-state index in [1.165, 1.54) is 64.2 Å². The average Bonchev–Trinajstić information content (AvgIpc) is 2.45. The molecule has 2 nitrogen and oxygen atoms in total. The van der Waals surface area contributed by atoms with Gasteiger partial charge in [-0.25, -0.2) is 0 Å². The Morgan fingerprint density at radius 1 is 1.00 bits per heavy atom. The van der Waals surface area contributed by atoms with Gasteiger partial charge in [0.25, 0.3) is 0 Å². The van der Waals surface area contributed by atoms with Crippen LogP contribution in [0.4, 0.5) is 0 Å². The Kier molecular flexibility index (Phi) is 6.50. The summed E-state index contributed by atoms with van der Waals surface area (Å²) in [5.41, 5.74) is 0. The van der Waals surface area contributed by atoms with E-state index in [9.17, 15) is 0 Å². The molecule has 0 aromatic carbocycles. The largest absolute Gasteiger partial charge is 0.377 e. The van der Waals surface area contributed by atoms with E-state index in [4.69, 9.17) is 4.74 Å². The summed E-state index contributed by atoms with van der Waals surface area (Å²) in [7, 11) is 0. The Balaban J connectivity index is 1.52. The summed E-state index contributed by atoms with van der Waals surface area (Å²) in [4.78, 5) is 0. The fraction of sp³-hybridized carbons (Fsp3) is 1.00. The van der Waals surface area contributed by atoms with Gasteiger partial charge in [-0.05, 0) is 31.6 Å². The predicted molar refractivity (Wildman–Crippen MR) is 76.9 cm³/mol. The van der Waals surface area contributed by atoms with Gasteiger partial charge in [0.2, 0.25) is 0 Å². The summed E-state index contributed by atoms with van der Waals surface area (Å²) in [6.45, 7) is 4.30. The van der Waals surface area contributed by atoms with Crippen molar-refractivity contribution in [2.24, 2.45) is 5.92 Å². The molecule has 0 spiro atoms. The van der Waals surface area contributed by atoms with Crippen LogP contribution in [0.25, 0.3) is 0 Å². The van der Waals surface area contributed by atoms with Crippen LogP contribution in [0, 0.1) is 5.92 Å². The molecular weight excluding hydrogens is 222 g/mol. The van der Waals surface area contributed by atoms with Crippen molar-refractivity contribution in [3.63, 3.8) is 0 Å². The molecule has 2 unspecified atom stereocenters. The van der Waals surface area contributed by atoms with Crippen molar-refractivity contribution in [1.29, 1.82) is 0 Å². The van der Waals surface area contributed by atoms with Crippen LogP contribution in [0.5, 0.6) is 0 Å². The molecule has 0 heterocycles. The molecule has 2 heteroatoms. The van der Waals surface area contributed by atoms with Crippen LogP contribution in [0.2, 0.25) is 0 Å². The third-order valence-corrected chi connectivity index (χ3v) is 4.80. The second-order valence-corrected chi connectivity index (χ2v) is 6.22. The molecule has 2 aliphatic rings. The van der Waals surface area contributed by atoms with Crippen LogP contribution < -0.4 is 5.32 Å². The molecule has 0 aromatic rings. The highest BCUT2D eigenvalue weighted by Crippen LogP contribution is 2.26. The highest BCUT2D eigenvalue weighted by Gasteiger charge is 2.20. The molecule has 0 aromatic heterocycles. The van der Waals surface area contributed by atoms with Gasteiger partial charge in [0.1, 0.15) is 0 Å². The van der Waals surface area contributed by atoms with Gasteiger partial charge in [-0.15, -0.1) is 0 Å². The van der Waals surface area contributed by atoms with Gasteiger partial charge in [0, 0.05) is 12.6 Å². The molecule has 0 amide bonds. The second-order valence-electron chi connectivity index (χ2n) is 6.22. The summed E-state index contributed by atoms with van der Waals surface area (Å²) >= 11 is 0. The standard InChI is InChI=1S/C16H31NO/c1-2-14-7-6-8-15(13-14)17-11-12-18-16-9-4-3-5-10-16/h14-17H,2-13H2,1H3. The molecule has 2 atom stereocenters. The molecule has 0 bridgehead atoms. The third-order valence-electron chi connectivity index (χ3n) is 4.80. The molecule has 2 rings (SSSR count). The smallest absolute Gasteiger partial charge is 0.0594 e. The maximum atomic E-state index is 5.96. The van der Waals surface area contributed by atoms with E-state index in [-0.39, 0.29) is 0 Å². The first-order chi connectivity index (χ1) is 8.88. The summed E-state index contributed by atoms with van der Waals surface area (Å²) in [5, 5.41) is 3.70. The monoisotopic (exact) mass is 253 g/mol. The minimum absolute atomic E-state index is 0.565. The Morgan fingerprint density at radius 3 is 2.61 bits per heavy atom. The number of nitrogens with one attached hydrogen (secondary N) is 1. The van der Waals surface area contributed by atoms with Crippen molar-refractivity contribution in [2.45, 2.75) is 83.3 Å². The molecule has 18 heavy (non-hydrogen) atoms. The van der Waals surface area contributed by atoms with Crippen LogP contribution in [0.3, 0.4) is 0 Å². The maximum Gasteiger partial charge on any atom is 0.0594 e. The minimum atomic E-state index is 0.565. The lowest BCUT2D eigenvalue weighted by Gasteiger charge is -2.29. The number of hydrogen-bond acceptors (Lipinski definition) is 2. The molecule has 0 aliphatic heterocycles. The lowest BCUT2D eigenvalue weighted by atomic mass is 9.84. The fourth-order valence-electron chi connectivity index (χ4n) is 3.57. The Bertz CT molecular complexity index is 213. The van der Waals surface area contributed by atoms with Crippen molar-refractivity contribution in [2.75, 3.05) is 13.2 Å². The highest BCUT2D eigenvalue weighted by atomic mass is 16.5. The first kappa shape index (κ1) is 14.3. The van der Waals surface area contributed by atoms with E-state index in [1.807, 2.05) is 0 Å². The third kappa shape index (κ3) is 4.89. The number of rotatable bonds is 6. The minimum Gasteiger partial charge on any atom is -0.377 e. The Hall–Kier alpha value is -0.0800. The van der Waals surface area contributed by atoms with Gasteiger partial charge >= 0.3 is 0 Å². The van der Waals surface area contributed by atoms with E-state index in [0.717, 1.165) is 25.1 Å². The van der Waals surface area contributed by atoms with Gasteiger partial charge < -0.3 is 10.1 Å². The van der Waals surface area contributed by atoms with E-state index < -0.39 is 0 Å². The summed E-state index contributed by atoms with van der Waals surface area (Å²) in [5.74, 6) is 0.968. The molecule has 0 radical (unpaired) electrons. The number of ether oxygens (including phenoxy) is 1. The van der Waals surface area contributed by atoms with E-state index >= 15 is 0 Å². The summed E-state index contributed by atoms with van der Waals surface area (Å²) in [6.07, 6.45) is 14.3. The zero-order valence-corrected chi connectivity index (χ0v) is 12.1. The SMILES string of the molecule is CCC1CCCC(NCCOC2CCCCC2)C1. The zero-order valence-electron chi connectivity index (χ0n) is 12.1. The van der Waals surface area contributed by atoms with Gasteiger partial charge in [0.05, 0.1) is 12.7 Å². The predicted octanol–water partition coefficient (Wildman–Crippen LogP) is 3.89. The summed E-state index contributed by atoms with van der Waals surface area (Å²) in [6, 6.07) is 0.763. The molecule has 106 valence electrons. The van der Waals surface area contributed by atoms with Gasteiger partial charge in [-0.3, -0.25) is 0 Å². The van der Waals surface area contributed by atoms with Crippen LogP contribution >= 0.6 is 0 Å². The molecule has 2 aliphatic carbocycles. The first-order valence-corrected chi connectivity index (χ1v) is 8.23. The van der Waals surface area contributed by atoms with Crippen molar-refractivity contribution in [3.8, 4) is 0 Å². The van der Waals surface area contributed by atoms with Gasteiger partial charge in [-0.1, -0.05) is 45.4 Å². The Morgan fingerprint density at radius 2 is 1.83 bits per heavy atom. The van der Waals surface area contributed by atoms with Crippen molar-refractivity contribution in [1.82, 2.24) is 5.32 Å². The van der Waals surface area contributed by atoms with Gasteiger partial charge in [-0.2, -0.15) is 0 Å². The van der Waals surface area contributed by atoms with Crippen molar-refractivity contribution >= 4 is 0 Å². The van der Waals surface area contributed by atoms with E-state index in [2.05, 4.69) is 12.2 Å². The van der Waals surface area contributed by atoms with Crippen LogP contribution in [-0.4, -0.2) is 25.3 Å². The van der Waals surface area contributed by atoms with E-state index in [1.54, 1.807) is 0 Å². The molecule has 1 N–H and O–H groups in total. The molecular formula is C16H31NO. The normalized spacial score (nSPS) is 30.5. The zero-order chi connectivity index (χ0) is 12.6. The summed E-state index contributed by atoms with van der Waals surface area (Å²) < 4.78 is 5.96. The average molecular weight is 253 g/mol. The van der Waals surface area contributed by atoms with Crippen LogP contribution in [-0.2, 0) is 4.74 Å². The second kappa shape index (κ2) is 8.16. The van der Waals surface area contributed by atoms with Crippen LogP contribution in [0.1, 0.15) is 71.1 Å². The first-order valence-electron chi connectivity index (χ1n) is 8.23.